The summed E-state index contributed by atoms with van der Waals surface area (Å²) in [5, 5.41) is 2.95. The van der Waals surface area contributed by atoms with E-state index in [2.05, 4.69) is 5.32 Å². The highest BCUT2D eigenvalue weighted by Crippen LogP contribution is 2.31. The lowest BCUT2D eigenvalue weighted by Gasteiger charge is -2.31. The molecule has 4 heteroatoms. The van der Waals surface area contributed by atoms with Gasteiger partial charge in [0.1, 0.15) is 0 Å². The van der Waals surface area contributed by atoms with Crippen LogP contribution in [0.15, 0.2) is 30.3 Å². The highest BCUT2D eigenvalue weighted by Gasteiger charge is 2.31. The molecule has 1 aliphatic carbocycles. The molecule has 0 spiro atoms. The largest absolute Gasteiger partial charge is 0.311 e. The molecule has 20 heavy (non-hydrogen) atoms. The summed E-state index contributed by atoms with van der Waals surface area (Å²) >= 11 is 5.96. The maximum atomic E-state index is 14.0. The van der Waals surface area contributed by atoms with Gasteiger partial charge < -0.3 is 5.32 Å². The molecule has 0 aliphatic heterocycles. The number of halogens is 3. The quantitative estimate of drug-likeness (QED) is 0.767. The Kier molecular flexibility index (Phi) is 5.79. The van der Waals surface area contributed by atoms with Crippen LogP contribution < -0.4 is 5.32 Å². The molecule has 0 saturated heterocycles. The Labute approximate surface area is 124 Å². The summed E-state index contributed by atoms with van der Waals surface area (Å²) < 4.78 is 28.0. The fourth-order valence-electron chi connectivity index (χ4n) is 2.95. The van der Waals surface area contributed by atoms with Crippen molar-refractivity contribution in [2.24, 2.45) is 11.8 Å². The summed E-state index contributed by atoms with van der Waals surface area (Å²) in [6, 6.07) is 8.00. The number of rotatable bonds is 6. The van der Waals surface area contributed by atoms with Crippen LogP contribution in [-0.2, 0) is 5.92 Å². The Balaban J connectivity index is 1.82. The fraction of sp³-hybridized carbons (Fsp3) is 0.625. The van der Waals surface area contributed by atoms with E-state index in [1.165, 1.54) is 25.0 Å². The molecule has 1 aromatic rings. The maximum Gasteiger partial charge on any atom is 0.285 e. The monoisotopic (exact) mass is 301 g/mol. The van der Waals surface area contributed by atoms with Crippen LogP contribution >= 0.6 is 11.6 Å². The molecule has 1 fully saturated rings. The fourth-order valence-corrected chi connectivity index (χ4v) is 3.36. The molecule has 1 aromatic carbocycles. The summed E-state index contributed by atoms with van der Waals surface area (Å²) in [6.45, 7) is 0.336. The van der Waals surface area contributed by atoms with Crippen LogP contribution in [0.4, 0.5) is 8.78 Å². The number of nitrogens with one attached hydrogen (secondary N) is 1. The van der Waals surface area contributed by atoms with Crippen LogP contribution in [0.2, 0.25) is 0 Å². The van der Waals surface area contributed by atoms with Gasteiger partial charge in [0.05, 0.1) is 6.54 Å². The average molecular weight is 302 g/mol. The van der Waals surface area contributed by atoms with Crippen LogP contribution in [0.25, 0.3) is 0 Å². The van der Waals surface area contributed by atoms with E-state index in [0.29, 0.717) is 24.3 Å². The van der Waals surface area contributed by atoms with Gasteiger partial charge in [-0.25, -0.2) is 0 Å². The molecule has 0 aromatic heterocycles. The van der Waals surface area contributed by atoms with E-state index in [4.69, 9.17) is 11.6 Å². The van der Waals surface area contributed by atoms with Gasteiger partial charge in [-0.05, 0) is 31.2 Å². The van der Waals surface area contributed by atoms with Crippen molar-refractivity contribution in [1.82, 2.24) is 5.32 Å². The normalized spacial score (nSPS) is 23.8. The predicted octanol–water partition coefficient (Wildman–Crippen LogP) is 4.41. The smallest absolute Gasteiger partial charge is 0.285 e. The average Bonchev–Trinajstić information content (AvgIpc) is 2.48. The number of hydrogen-bond donors (Lipinski definition) is 1. The summed E-state index contributed by atoms with van der Waals surface area (Å²) in [7, 11) is 0. The number of alkyl halides is 3. The second-order valence-corrected chi connectivity index (χ2v) is 5.97. The van der Waals surface area contributed by atoms with Crippen molar-refractivity contribution < 1.29 is 8.78 Å². The first-order valence-corrected chi connectivity index (χ1v) is 7.87. The highest BCUT2D eigenvalue weighted by molar-refractivity contribution is 6.18. The van der Waals surface area contributed by atoms with E-state index in [9.17, 15) is 8.78 Å². The first-order chi connectivity index (χ1) is 9.63. The Morgan fingerprint density at radius 1 is 1.10 bits per heavy atom. The Morgan fingerprint density at radius 2 is 1.75 bits per heavy atom. The molecule has 0 amide bonds. The lowest BCUT2D eigenvalue weighted by Crippen LogP contribution is -2.37. The van der Waals surface area contributed by atoms with Gasteiger partial charge in [0.25, 0.3) is 5.92 Å². The van der Waals surface area contributed by atoms with Crippen LogP contribution in [-0.4, -0.2) is 19.0 Å². The highest BCUT2D eigenvalue weighted by atomic mass is 35.5. The van der Waals surface area contributed by atoms with E-state index >= 15 is 0 Å². The van der Waals surface area contributed by atoms with Gasteiger partial charge in [-0.15, -0.1) is 11.6 Å². The Bertz CT molecular complexity index is 397. The van der Waals surface area contributed by atoms with Gasteiger partial charge in [-0.1, -0.05) is 43.2 Å². The van der Waals surface area contributed by atoms with Gasteiger partial charge in [0.2, 0.25) is 0 Å². The second-order valence-electron chi connectivity index (χ2n) is 5.66. The van der Waals surface area contributed by atoms with Crippen molar-refractivity contribution in [3.8, 4) is 0 Å². The second kappa shape index (κ2) is 7.37. The van der Waals surface area contributed by atoms with Gasteiger partial charge in [0.15, 0.2) is 0 Å². The van der Waals surface area contributed by atoms with Crippen molar-refractivity contribution in [2.75, 3.05) is 19.0 Å². The zero-order chi connectivity index (χ0) is 14.4. The third kappa shape index (κ3) is 4.16. The van der Waals surface area contributed by atoms with Gasteiger partial charge in [-0.3, -0.25) is 0 Å². The van der Waals surface area contributed by atoms with E-state index in [1.807, 2.05) is 0 Å². The minimum atomic E-state index is -2.81. The van der Waals surface area contributed by atoms with E-state index in [-0.39, 0.29) is 12.1 Å². The summed E-state index contributed by atoms with van der Waals surface area (Å²) in [6.07, 6.45) is 4.63. The standard InChI is InChI=1S/C16H22ClF2N/c17-10-13-6-4-5-7-14(13)11-20-12-16(18,19)15-8-2-1-3-9-15/h1-3,8-9,13-14,20H,4-7,10-12H2. The summed E-state index contributed by atoms with van der Waals surface area (Å²) in [4.78, 5) is 0. The lowest BCUT2D eigenvalue weighted by atomic mass is 9.80. The molecule has 1 nitrogen and oxygen atoms in total. The Morgan fingerprint density at radius 3 is 2.40 bits per heavy atom. The molecule has 0 bridgehead atoms. The van der Waals surface area contributed by atoms with E-state index in [1.54, 1.807) is 18.2 Å². The van der Waals surface area contributed by atoms with Crippen LogP contribution in [0.1, 0.15) is 31.2 Å². The lowest BCUT2D eigenvalue weighted by molar-refractivity contribution is -0.00469. The summed E-state index contributed by atoms with van der Waals surface area (Å²) in [5.41, 5.74) is 0.0741. The molecule has 2 unspecified atom stereocenters. The number of hydrogen-bond acceptors (Lipinski definition) is 1. The van der Waals surface area contributed by atoms with Crippen molar-refractivity contribution in [1.29, 1.82) is 0 Å². The number of benzene rings is 1. The van der Waals surface area contributed by atoms with Crippen molar-refractivity contribution in [3.05, 3.63) is 35.9 Å². The molecule has 1 aliphatic rings. The topological polar surface area (TPSA) is 12.0 Å². The SMILES string of the molecule is FC(F)(CNCC1CCCCC1CCl)c1ccccc1. The Hall–Kier alpha value is -0.670. The maximum absolute atomic E-state index is 14.0. The molecular weight excluding hydrogens is 280 g/mol. The van der Waals surface area contributed by atoms with Crippen LogP contribution in [0.3, 0.4) is 0 Å². The van der Waals surface area contributed by atoms with Gasteiger partial charge >= 0.3 is 0 Å². The van der Waals surface area contributed by atoms with Gasteiger partial charge in [-0.2, -0.15) is 8.78 Å². The third-order valence-corrected chi connectivity index (χ3v) is 4.61. The zero-order valence-corrected chi connectivity index (χ0v) is 12.4. The molecule has 2 rings (SSSR count). The first kappa shape index (κ1) is 15.7. The van der Waals surface area contributed by atoms with Gasteiger partial charge in [0, 0.05) is 11.4 Å². The van der Waals surface area contributed by atoms with Crippen molar-refractivity contribution >= 4 is 11.6 Å². The predicted molar refractivity (Wildman–Crippen MR) is 79.4 cm³/mol. The molecular formula is C16H22ClF2N. The van der Waals surface area contributed by atoms with Crippen LogP contribution in [0.5, 0.6) is 0 Å². The molecule has 112 valence electrons. The first-order valence-electron chi connectivity index (χ1n) is 7.33. The molecule has 2 atom stereocenters. The molecule has 0 heterocycles. The zero-order valence-electron chi connectivity index (χ0n) is 11.6. The van der Waals surface area contributed by atoms with Crippen molar-refractivity contribution in [3.63, 3.8) is 0 Å². The van der Waals surface area contributed by atoms with Crippen LogP contribution in [0, 0.1) is 11.8 Å². The van der Waals surface area contributed by atoms with E-state index in [0.717, 1.165) is 12.8 Å². The molecule has 1 saturated carbocycles. The molecule has 0 radical (unpaired) electrons. The third-order valence-electron chi connectivity index (χ3n) is 4.21. The van der Waals surface area contributed by atoms with Crippen molar-refractivity contribution in [2.45, 2.75) is 31.6 Å². The molecule has 1 N–H and O–H groups in total. The minimum absolute atomic E-state index is 0.0741. The summed E-state index contributed by atoms with van der Waals surface area (Å²) in [5.74, 6) is -1.26. The minimum Gasteiger partial charge on any atom is -0.311 e. The van der Waals surface area contributed by atoms with E-state index < -0.39 is 5.92 Å².